The van der Waals surface area contributed by atoms with Gasteiger partial charge in [-0.3, -0.25) is 4.79 Å². The lowest BCUT2D eigenvalue weighted by Gasteiger charge is -2.11. The highest BCUT2D eigenvalue weighted by molar-refractivity contribution is 14.1. The van der Waals surface area contributed by atoms with Gasteiger partial charge in [0.05, 0.1) is 0 Å². The molecule has 0 aliphatic heterocycles. The Morgan fingerprint density at radius 1 is 1.20 bits per heavy atom. The molecule has 2 heteroatoms. The molecule has 20 heavy (non-hydrogen) atoms. The summed E-state index contributed by atoms with van der Waals surface area (Å²) in [5.41, 5.74) is 3.63. The van der Waals surface area contributed by atoms with E-state index in [2.05, 4.69) is 27.8 Å². The van der Waals surface area contributed by atoms with Crippen LogP contribution in [-0.2, 0) is 0 Å². The van der Waals surface area contributed by atoms with Gasteiger partial charge in [0.1, 0.15) is 0 Å². The van der Waals surface area contributed by atoms with E-state index in [1.165, 1.54) is 5.57 Å². The van der Waals surface area contributed by atoms with Crippen LogP contribution in [0.15, 0.2) is 47.6 Å². The summed E-state index contributed by atoms with van der Waals surface area (Å²) in [7, 11) is 0. The first-order valence-electron chi connectivity index (χ1n) is 6.42. The normalized spacial score (nSPS) is 15.4. The fraction of sp³-hybridized carbons (Fsp3) is 0.167. The molecule has 0 radical (unpaired) electrons. The Labute approximate surface area is 133 Å². The summed E-state index contributed by atoms with van der Waals surface area (Å²) in [6.45, 7) is 0. The molecule has 2 rings (SSSR count). The zero-order valence-corrected chi connectivity index (χ0v) is 13.1. The topological polar surface area (TPSA) is 17.1 Å². The largest absolute Gasteiger partial charge is 0.298 e. The number of benzene rings is 1. The minimum atomic E-state index is 0.633. The zero-order chi connectivity index (χ0) is 14.2. The molecule has 0 amide bonds. The third-order valence-electron chi connectivity index (χ3n) is 3.07. The van der Waals surface area contributed by atoms with E-state index in [0.717, 1.165) is 36.7 Å². The summed E-state index contributed by atoms with van der Waals surface area (Å²) in [4.78, 5) is 11.0. The van der Waals surface area contributed by atoms with Gasteiger partial charge in [0, 0.05) is 39.3 Å². The van der Waals surface area contributed by atoms with Crippen LogP contribution in [0.3, 0.4) is 0 Å². The van der Waals surface area contributed by atoms with Crippen molar-refractivity contribution in [1.82, 2.24) is 0 Å². The van der Waals surface area contributed by atoms with Crippen molar-refractivity contribution in [2.75, 3.05) is 0 Å². The molecule has 1 aromatic carbocycles. The summed E-state index contributed by atoms with van der Waals surface area (Å²) >= 11 is 2.03. The van der Waals surface area contributed by atoms with Crippen molar-refractivity contribution in [1.29, 1.82) is 0 Å². The summed E-state index contributed by atoms with van der Waals surface area (Å²) < 4.78 is 2.85. The number of hydrogen-bond donors (Lipinski definition) is 0. The number of carbonyl (C=O) groups is 1. The maximum atomic E-state index is 11.0. The quantitative estimate of drug-likeness (QED) is 0.409. The van der Waals surface area contributed by atoms with Crippen molar-refractivity contribution in [3.8, 4) is 21.7 Å². The van der Waals surface area contributed by atoms with Crippen LogP contribution in [0.4, 0.5) is 0 Å². The van der Waals surface area contributed by atoms with Crippen molar-refractivity contribution in [3.05, 3.63) is 58.7 Å². The number of aldehydes is 1. The van der Waals surface area contributed by atoms with Crippen molar-refractivity contribution < 1.29 is 4.79 Å². The van der Waals surface area contributed by atoms with Crippen LogP contribution >= 0.6 is 22.6 Å². The van der Waals surface area contributed by atoms with Crippen LogP contribution in [0.5, 0.6) is 0 Å². The van der Waals surface area contributed by atoms with Gasteiger partial charge in [-0.2, -0.15) is 0 Å². The Balaban J connectivity index is 2.32. The highest BCUT2D eigenvalue weighted by atomic mass is 127. The van der Waals surface area contributed by atoms with E-state index in [-0.39, 0.29) is 0 Å². The second kappa shape index (κ2) is 7.72. The lowest BCUT2D eigenvalue weighted by atomic mass is 9.93. The molecule has 0 bridgehead atoms. The van der Waals surface area contributed by atoms with E-state index in [4.69, 9.17) is 0 Å². The van der Waals surface area contributed by atoms with Gasteiger partial charge in [0.2, 0.25) is 0 Å². The summed E-state index contributed by atoms with van der Waals surface area (Å²) in [6, 6.07) is 7.39. The van der Waals surface area contributed by atoms with Crippen molar-refractivity contribution in [3.63, 3.8) is 0 Å². The van der Waals surface area contributed by atoms with Crippen LogP contribution < -0.4 is 0 Å². The van der Waals surface area contributed by atoms with Gasteiger partial charge < -0.3 is 0 Å². The molecule has 1 aromatic rings. The van der Waals surface area contributed by atoms with Gasteiger partial charge in [-0.05, 0) is 40.9 Å². The first-order chi connectivity index (χ1) is 9.85. The molecule has 98 valence electrons. The van der Waals surface area contributed by atoms with Gasteiger partial charge in [-0.1, -0.05) is 42.0 Å². The smallest absolute Gasteiger partial charge is 0.151 e. The SMILES string of the molecule is O=Cc1ccccc1C#CC1=CCCC/C1=C/C#CI. The van der Waals surface area contributed by atoms with Crippen LogP contribution in [0.1, 0.15) is 35.2 Å². The summed E-state index contributed by atoms with van der Waals surface area (Å²) in [6.07, 6.45) is 8.15. The monoisotopic (exact) mass is 372 g/mol. The van der Waals surface area contributed by atoms with Crippen molar-refractivity contribution in [2.45, 2.75) is 19.3 Å². The standard InChI is InChI=1S/C18H13IO/c19-13-5-10-15-6-1-2-7-16(15)11-12-17-8-3-4-9-18(17)14-20/h3-4,7-10,14H,1-2,6H2/b15-10-. The van der Waals surface area contributed by atoms with E-state index in [0.29, 0.717) is 5.56 Å². The molecule has 0 saturated carbocycles. The number of hydrogen-bond acceptors (Lipinski definition) is 1. The average Bonchev–Trinajstić information content (AvgIpc) is 2.52. The Hall–Kier alpha value is -1.78. The van der Waals surface area contributed by atoms with Gasteiger partial charge in [0.15, 0.2) is 6.29 Å². The average molecular weight is 372 g/mol. The second-order valence-corrected chi connectivity index (χ2v) is 4.91. The molecular weight excluding hydrogens is 359 g/mol. The van der Waals surface area contributed by atoms with E-state index in [1.54, 1.807) is 6.07 Å². The summed E-state index contributed by atoms with van der Waals surface area (Å²) in [5, 5.41) is 0. The van der Waals surface area contributed by atoms with Gasteiger partial charge in [0.25, 0.3) is 0 Å². The maximum absolute atomic E-state index is 11.0. The molecule has 0 N–H and O–H groups in total. The van der Waals surface area contributed by atoms with Crippen molar-refractivity contribution in [2.24, 2.45) is 0 Å². The Kier molecular flexibility index (Phi) is 5.65. The van der Waals surface area contributed by atoms with E-state index < -0.39 is 0 Å². The van der Waals surface area contributed by atoms with E-state index in [1.807, 2.05) is 46.9 Å². The molecule has 1 aliphatic carbocycles. The Bertz CT molecular complexity index is 687. The van der Waals surface area contributed by atoms with Crippen molar-refractivity contribution >= 4 is 28.9 Å². The van der Waals surface area contributed by atoms with Gasteiger partial charge >= 0.3 is 0 Å². The first-order valence-corrected chi connectivity index (χ1v) is 7.50. The minimum Gasteiger partial charge on any atom is -0.298 e. The molecule has 0 unspecified atom stereocenters. The van der Waals surface area contributed by atoms with E-state index in [9.17, 15) is 4.79 Å². The molecule has 1 nitrogen and oxygen atoms in total. The van der Waals surface area contributed by atoms with Crippen LogP contribution in [0, 0.1) is 21.7 Å². The molecular formula is C18H13IO. The van der Waals surface area contributed by atoms with E-state index >= 15 is 0 Å². The minimum absolute atomic E-state index is 0.633. The molecule has 1 aliphatic rings. The number of allylic oxidation sites excluding steroid dienone is 4. The molecule has 0 atom stereocenters. The molecule has 0 heterocycles. The van der Waals surface area contributed by atoms with Gasteiger partial charge in [-0.25, -0.2) is 0 Å². The molecule has 0 aromatic heterocycles. The predicted octanol–water partition coefficient (Wildman–Crippen LogP) is 4.28. The van der Waals surface area contributed by atoms with Crippen LogP contribution in [0.25, 0.3) is 0 Å². The number of halogens is 1. The number of carbonyl (C=O) groups excluding carboxylic acids is 1. The highest BCUT2D eigenvalue weighted by Crippen LogP contribution is 2.23. The maximum Gasteiger partial charge on any atom is 0.151 e. The Morgan fingerprint density at radius 2 is 2.05 bits per heavy atom. The second-order valence-electron chi connectivity index (χ2n) is 4.37. The fourth-order valence-electron chi connectivity index (χ4n) is 2.05. The molecule has 0 saturated heterocycles. The molecule has 0 spiro atoms. The number of rotatable bonds is 1. The lowest BCUT2D eigenvalue weighted by Crippen LogP contribution is -1.95. The van der Waals surface area contributed by atoms with Crippen LogP contribution in [-0.4, -0.2) is 6.29 Å². The fourth-order valence-corrected chi connectivity index (χ4v) is 2.20. The summed E-state index contributed by atoms with van der Waals surface area (Å²) in [5.74, 6) is 9.26. The third kappa shape index (κ3) is 3.85. The highest BCUT2D eigenvalue weighted by Gasteiger charge is 2.07. The van der Waals surface area contributed by atoms with Crippen LogP contribution in [0.2, 0.25) is 0 Å². The van der Waals surface area contributed by atoms with Gasteiger partial charge in [-0.15, -0.1) is 0 Å². The lowest BCUT2D eigenvalue weighted by molar-refractivity contribution is 0.112. The Morgan fingerprint density at radius 3 is 2.85 bits per heavy atom. The zero-order valence-electron chi connectivity index (χ0n) is 10.9. The predicted molar refractivity (Wildman–Crippen MR) is 90.5 cm³/mol. The molecule has 0 fully saturated rings. The first kappa shape index (κ1) is 14.6. The third-order valence-corrected chi connectivity index (χ3v) is 3.38.